The second kappa shape index (κ2) is 5.66. The van der Waals surface area contributed by atoms with Crippen molar-refractivity contribution >= 4 is 0 Å². The third-order valence-corrected chi connectivity index (χ3v) is 2.25. The molecule has 78 valence electrons. The van der Waals surface area contributed by atoms with Crippen LogP contribution in [0.2, 0.25) is 0 Å². The van der Waals surface area contributed by atoms with E-state index in [2.05, 4.69) is 19.1 Å². The molecule has 0 spiro atoms. The molecule has 2 nitrogen and oxygen atoms in total. The van der Waals surface area contributed by atoms with Crippen LogP contribution in [0.4, 0.5) is 0 Å². The average molecular weight is 193 g/mol. The van der Waals surface area contributed by atoms with Crippen molar-refractivity contribution in [3.8, 4) is 5.75 Å². The summed E-state index contributed by atoms with van der Waals surface area (Å²) in [6.07, 6.45) is 1.95. The summed E-state index contributed by atoms with van der Waals surface area (Å²) >= 11 is 0. The highest BCUT2D eigenvalue weighted by atomic mass is 16.5. The minimum atomic E-state index is 0.674. The number of rotatable bonds is 5. The quantitative estimate of drug-likeness (QED) is 0.777. The van der Waals surface area contributed by atoms with E-state index in [1.54, 1.807) is 0 Å². The first kappa shape index (κ1) is 11.1. The predicted molar refractivity (Wildman–Crippen MR) is 59.7 cm³/mol. The fourth-order valence-corrected chi connectivity index (χ4v) is 1.50. The maximum absolute atomic E-state index is 5.56. The van der Waals surface area contributed by atoms with E-state index in [1.807, 2.05) is 13.0 Å². The molecule has 0 bridgehead atoms. The molecule has 1 aromatic rings. The molecular formula is C12H19NO. The van der Waals surface area contributed by atoms with E-state index < -0.39 is 0 Å². The minimum Gasteiger partial charge on any atom is -0.494 e. The Labute approximate surface area is 86.1 Å². The van der Waals surface area contributed by atoms with Gasteiger partial charge in [-0.25, -0.2) is 0 Å². The molecule has 1 rings (SSSR count). The largest absolute Gasteiger partial charge is 0.494 e. The van der Waals surface area contributed by atoms with Gasteiger partial charge in [0.25, 0.3) is 0 Å². The number of hydrogen-bond donors (Lipinski definition) is 1. The Bertz CT molecular complexity index is 284. The van der Waals surface area contributed by atoms with Crippen LogP contribution in [0, 0.1) is 0 Å². The third-order valence-electron chi connectivity index (χ3n) is 2.25. The molecule has 0 aliphatic carbocycles. The minimum absolute atomic E-state index is 0.674. The summed E-state index contributed by atoms with van der Waals surface area (Å²) in [5.41, 5.74) is 8.14. The van der Waals surface area contributed by atoms with E-state index in [-0.39, 0.29) is 0 Å². The van der Waals surface area contributed by atoms with Crippen LogP contribution in [-0.4, -0.2) is 13.2 Å². The Morgan fingerprint density at radius 2 is 2.07 bits per heavy atom. The van der Waals surface area contributed by atoms with Crippen LogP contribution < -0.4 is 10.5 Å². The Morgan fingerprint density at radius 1 is 1.29 bits per heavy atom. The van der Waals surface area contributed by atoms with Crippen molar-refractivity contribution in [2.24, 2.45) is 5.73 Å². The molecule has 0 unspecified atom stereocenters. The predicted octanol–water partition coefficient (Wildman–Crippen LogP) is 2.15. The van der Waals surface area contributed by atoms with Gasteiger partial charge in [-0.2, -0.15) is 0 Å². The fourth-order valence-electron chi connectivity index (χ4n) is 1.50. The van der Waals surface area contributed by atoms with Crippen molar-refractivity contribution in [1.29, 1.82) is 0 Å². The van der Waals surface area contributed by atoms with Crippen LogP contribution >= 0.6 is 0 Å². The molecule has 0 aromatic heterocycles. The summed E-state index contributed by atoms with van der Waals surface area (Å²) < 4.78 is 5.53. The first-order valence-electron chi connectivity index (χ1n) is 5.26. The lowest BCUT2D eigenvalue weighted by molar-refractivity contribution is 0.336. The van der Waals surface area contributed by atoms with E-state index in [4.69, 9.17) is 10.5 Å². The van der Waals surface area contributed by atoms with Gasteiger partial charge >= 0.3 is 0 Å². The van der Waals surface area contributed by atoms with E-state index in [1.165, 1.54) is 11.1 Å². The molecule has 0 heterocycles. The molecule has 0 saturated carbocycles. The van der Waals surface area contributed by atoms with Gasteiger partial charge in [0, 0.05) is 0 Å². The van der Waals surface area contributed by atoms with Crippen LogP contribution in [0.1, 0.15) is 25.0 Å². The van der Waals surface area contributed by atoms with Crippen LogP contribution in [0.5, 0.6) is 5.75 Å². The molecular weight excluding hydrogens is 174 g/mol. The fraction of sp³-hybridized carbons (Fsp3) is 0.500. The van der Waals surface area contributed by atoms with Crippen molar-refractivity contribution in [2.45, 2.75) is 26.7 Å². The lowest BCUT2D eigenvalue weighted by Crippen LogP contribution is -2.05. The highest BCUT2D eigenvalue weighted by Gasteiger charge is 2.03. The molecule has 0 saturated heterocycles. The summed E-state index contributed by atoms with van der Waals surface area (Å²) in [7, 11) is 0. The Morgan fingerprint density at radius 3 is 2.64 bits per heavy atom. The Balaban J connectivity index is 2.91. The van der Waals surface area contributed by atoms with Crippen molar-refractivity contribution in [3.63, 3.8) is 0 Å². The van der Waals surface area contributed by atoms with Crippen molar-refractivity contribution < 1.29 is 4.74 Å². The van der Waals surface area contributed by atoms with Crippen LogP contribution in [0.25, 0.3) is 0 Å². The van der Waals surface area contributed by atoms with Crippen LogP contribution in [0.15, 0.2) is 18.2 Å². The zero-order valence-electron chi connectivity index (χ0n) is 9.05. The third kappa shape index (κ3) is 2.74. The summed E-state index contributed by atoms with van der Waals surface area (Å²) in [5, 5.41) is 0. The zero-order valence-corrected chi connectivity index (χ0v) is 9.05. The lowest BCUT2D eigenvalue weighted by atomic mass is 10.1. The van der Waals surface area contributed by atoms with Gasteiger partial charge in [0.05, 0.1) is 6.61 Å². The monoisotopic (exact) mass is 193 g/mol. The summed E-state index contributed by atoms with van der Waals surface area (Å²) in [4.78, 5) is 0. The van der Waals surface area contributed by atoms with Crippen molar-refractivity contribution in [3.05, 3.63) is 29.3 Å². The Hall–Kier alpha value is -1.02. The molecule has 0 fully saturated rings. The van der Waals surface area contributed by atoms with E-state index in [0.717, 1.165) is 18.6 Å². The van der Waals surface area contributed by atoms with Gasteiger partial charge in [0.2, 0.25) is 0 Å². The van der Waals surface area contributed by atoms with Gasteiger partial charge in [-0.15, -0.1) is 0 Å². The summed E-state index contributed by atoms with van der Waals surface area (Å²) in [5.74, 6) is 0.982. The first-order valence-corrected chi connectivity index (χ1v) is 5.26. The number of benzene rings is 1. The molecule has 0 amide bonds. The van der Waals surface area contributed by atoms with Crippen molar-refractivity contribution in [2.75, 3.05) is 13.2 Å². The maximum Gasteiger partial charge on any atom is 0.122 e. The second-order valence-electron chi connectivity index (χ2n) is 3.27. The normalized spacial score (nSPS) is 10.2. The topological polar surface area (TPSA) is 35.2 Å². The number of aryl methyl sites for hydroxylation is 1. The smallest absolute Gasteiger partial charge is 0.122 e. The molecule has 2 N–H and O–H groups in total. The van der Waals surface area contributed by atoms with Gasteiger partial charge in [0.15, 0.2) is 0 Å². The van der Waals surface area contributed by atoms with E-state index in [9.17, 15) is 0 Å². The average Bonchev–Trinajstić information content (AvgIpc) is 2.21. The zero-order chi connectivity index (χ0) is 10.4. The van der Waals surface area contributed by atoms with Crippen LogP contribution in [0.3, 0.4) is 0 Å². The standard InChI is InChI=1S/C12H19NO/c1-3-10-5-6-12(14-4-2)11(9-10)7-8-13/h5-6,9H,3-4,7-8,13H2,1-2H3. The van der Waals surface area contributed by atoms with Gasteiger partial charge in [-0.1, -0.05) is 19.1 Å². The molecule has 0 atom stereocenters. The molecule has 0 radical (unpaired) electrons. The van der Waals surface area contributed by atoms with Gasteiger partial charge in [0.1, 0.15) is 5.75 Å². The highest BCUT2D eigenvalue weighted by Crippen LogP contribution is 2.20. The molecule has 2 heteroatoms. The van der Waals surface area contributed by atoms with Gasteiger partial charge < -0.3 is 10.5 Å². The molecule has 0 aliphatic rings. The number of ether oxygens (including phenoxy) is 1. The Kier molecular flexibility index (Phi) is 4.47. The van der Waals surface area contributed by atoms with Crippen molar-refractivity contribution in [1.82, 2.24) is 0 Å². The first-order chi connectivity index (χ1) is 6.81. The molecule has 0 aliphatic heterocycles. The molecule has 1 aromatic carbocycles. The van der Waals surface area contributed by atoms with Gasteiger partial charge in [-0.05, 0) is 43.5 Å². The van der Waals surface area contributed by atoms with Crippen LogP contribution in [-0.2, 0) is 12.8 Å². The second-order valence-corrected chi connectivity index (χ2v) is 3.27. The summed E-state index contributed by atoms with van der Waals surface area (Å²) in [6.45, 7) is 5.54. The number of hydrogen-bond acceptors (Lipinski definition) is 2. The van der Waals surface area contributed by atoms with E-state index in [0.29, 0.717) is 13.2 Å². The highest BCUT2D eigenvalue weighted by molar-refractivity contribution is 5.37. The van der Waals surface area contributed by atoms with E-state index >= 15 is 0 Å². The number of nitrogens with two attached hydrogens (primary N) is 1. The molecule has 14 heavy (non-hydrogen) atoms. The summed E-state index contributed by atoms with van der Waals surface area (Å²) in [6, 6.07) is 6.36. The van der Waals surface area contributed by atoms with Gasteiger partial charge in [-0.3, -0.25) is 0 Å². The SMILES string of the molecule is CCOc1ccc(CC)cc1CCN. The lowest BCUT2D eigenvalue weighted by Gasteiger charge is -2.10. The maximum atomic E-state index is 5.56.